The summed E-state index contributed by atoms with van der Waals surface area (Å²) < 4.78 is 0.503. The molecule has 1 fully saturated rings. The van der Waals surface area contributed by atoms with Crippen LogP contribution in [0.3, 0.4) is 0 Å². The minimum atomic E-state index is -0.576. The lowest BCUT2D eigenvalue weighted by molar-refractivity contribution is -0.385. The maximum atomic E-state index is 10.8. The van der Waals surface area contributed by atoms with Gasteiger partial charge in [-0.25, -0.2) is 0 Å². The highest BCUT2D eigenvalue weighted by molar-refractivity contribution is 9.10. The topological polar surface area (TPSA) is 75.4 Å². The van der Waals surface area contributed by atoms with E-state index in [4.69, 9.17) is 0 Å². The van der Waals surface area contributed by atoms with Crippen molar-refractivity contribution >= 4 is 21.6 Å². The zero-order valence-corrected chi connectivity index (χ0v) is 11.4. The highest BCUT2D eigenvalue weighted by Crippen LogP contribution is 2.31. The third-order valence-corrected chi connectivity index (χ3v) is 4.22. The second kappa shape index (κ2) is 5.34. The van der Waals surface area contributed by atoms with Crippen molar-refractivity contribution in [3.63, 3.8) is 0 Å². The number of aliphatic hydroxyl groups is 1. The number of halogens is 1. The first-order valence-corrected chi connectivity index (χ1v) is 6.66. The smallest absolute Gasteiger partial charge is 0.283 e. The van der Waals surface area contributed by atoms with Crippen LogP contribution in [0.1, 0.15) is 24.8 Å². The molecule has 2 rings (SSSR count). The second-order valence-corrected chi connectivity index (χ2v) is 5.48. The molecular formula is C12H15BrN2O3. The molecule has 1 aromatic rings. The van der Waals surface area contributed by atoms with Gasteiger partial charge in [0.2, 0.25) is 0 Å². The summed E-state index contributed by atoms with van der Waals surface area (Å²) in [6.07, 6.45) is 2.73. The summed E-state index contributed by atoms with van der Waals surface area (Å²) in [5, 5.41) is 23.8. The normalized spacial score (nSPS) is 17.2. The number of rotatable bonds is 5. The molecule has 0 radical (unpaired) electrons. The zero-order valence-electron chi connectivity index (χ0n) is 9.86. The molecule has 0 saturated heterocycles. The molecule has 0 aliphatic heterocycles. The molecule has 0 heterocycles. The lowest BCUT2D eigenvalue weighted by Gasteiger charge is -2.36. The van der Waals surface area contributed by atoms with E-state index in [9.17, 15) is 15.2 Å². The molecule has 0 atom stereocenters. The summed E-state index contributed by atoms with van der Waals surface area (Å²) >= 11 is 3.25. The van der Waals surface area contributed by atoms with Crippen LogP contribution in [0.4, 0.5) is 5.69 Å². The molecule has 98 valence electrons. The quantitative estimate of drug-likeness (QED) is 0.646. The van der Waals surface area contributed by atoms with Crippen LogP contribution in [-0.2, 0) is 6.54 Å². The Hall–Kier alpha value is -0.980. The van der Waals surface area contributed by atoms with Crippen molar-refractivity contribution in [3.05, 3.63) is 38.3 Å². The number of hydrogen-bond donors (Lipinski definition) is 2. The van der Waals surface area contributed by atoms with Crippen LogP contribution in [0, 0.1) is 10.1 Å². The van der Waals surface area contributed by atoms with E-state index in [2.05, 4.69) is 21.2 Å². The average Bonchev–Trinajstić information content (AvgIpc) is 2.28. The van der Waals surface area contributed by atoms with Crippen LogP contribution in [0.15, 0.2) is 22.7 Å². The Labute approximate surface area is 113 Å². The molecule has 0 aromatic heterocycles. The van der Waals surface area contributed by atoms with E-state index in [1.165, 1.54) is 6.07 Å². The molecule has 1 aromatic carbocycles. The van der Waals surface area contributed by atoms with E-state index in [-0.39, 0.29) is 5.69 Å². The molecule has 0 amide bonds. The largest absolute Gasteiger partial charge is 0.389 e. The van der Waals surface area contributed by atoms with Crippen molar-refractivity contribution in [1.82, 2.24) is 5.32 Å². The third-order valence-electron chi connectivity index (χ3n) is 3.31. The standard InChI is InChI=1S/C12H15BrN2O3/c13-11-9(3-1-4-10(11)15(17)18)7-14-8-12(16)5-2-6-12/h1,3-4,14,16H,2,5-8H2. The van der Waals surface area contributed by atoms with Crippen LogP contribution in [-0.4, -0.2) is 22.2 Å². The SMILES string of the molecule is O=[N+]([O-])c1cccc(CNCC2(O)CCC2)c1Br. The first-order chi connectivity index (χ1) is 8.52. The van der Waals surface area contributed by atoms with E-state index < -0.39 is 10.5 Å². The first kappa shape index (κ1) is 13.5. The van der Waals surface area contributed by atoms with Gasteiger partial charge in [0.1, 0.15) is 0 Å². The number of benzene rings is 1. The monoisotopic (exact) mass is 314 g/mol. The maximum Gasteiger partial charge on any atom is 0.283 e. The minimum absolute atomic E-state index is 0.0663. The van der Waals surface area contributed by atoms with Crippen molar-refractivity contribution < 1.29 is 10.0 Å². The maximum absolute atomic E-state index is 10.8. The zero-order chi connectivity index (χ0) is 13.2. The Kier molecular flexibility index (Phi) is 3.99. The van der Waals surface area contributed by atoms with Gasteiger partial charge in [0.05, 0.1) is 15.0 Å². The van der Waals surface area contributed by atoms with E-state index in [0.717, 1.165) is 24.8 Å². The minimum Gasteiger partial charge on any atom is -0.389 e. The van der Waals surface area contributed by atoms with Crippen LogP contribution < -0.4 is 5.32 Å². The number of nitro groups is 1. The molecule has 0 unspecified atom stereocenters. The van der Waals surface area contributed by atoms with Gasteiger partial charge in [0.25, 0.3) is 5.69 Å². The first-order valence-electron chi connectivity index (χ1n) is 5.87. The number of hydrogen-bond acceptors (Lipinski definition) is 4. The molecule has 0 bridgehead atoms. The molecule has 6 heteroatoms. The van der Waals surface area contributed by atoms with E-state index in [1.54, 1.807) is 6.07 Å². The molecular weight excluding hydrogens is 300 g/mol. The van der Waals surface area contributed by atoms with E-state index in [0.29, 0.717) is 17.6 Å². The van der Waals surface area contributed by atoms with Crippen molar-refractivity contribution in [3.8, 4) is 0 Å². The summed E-state index contributed by atoms with van der Waals surface area (Å²) in [5.41, 5.74) is 0.316. The van der Waals surface area contributed by atoms with Gasteiger partial charge in [0, 0.05) is 19.2 Å². The van der Waals surface area contributed by atoms with Crippen molar-refractivity contribution in [2.75, 3.05) is 6.54 Å². The Morgan fingerprint density at radius 1 is 1.50 bits per heavy atom. The molecule has 1 aliphatic rings. The average molecular weight is 315 g/mol. The number of nitrogens with zero attached hydrogens (tertiary/aromatic N) is 1. The van der Waals surface area contributed by atoms with Gasteiger partial charge in [-0.1, -0.05) is 12.1 Å². The van der Waals surface area contributed by atoms with E-state index >= 15 is 0 Å². The Morgan fingerprint density at radius 3 is 2.78 bits per heavy atom. The van der Waals surface area contributed by atoms with Gasteiger partial charge < -0.3 is 10.4 Å². The summed E-state index contributed by atoms with van der Waals surface area (Å²) in [7, 11) is 0. The summed E-state index contributed by atoms with van der Waals surface area (Å²) in [6.45, 7) is 1.03. The predicted molar refractivity (Wildman–Crippen MR) is 71.3 cm³/mol. The fourth-order valence-electron chi connectivity index (χ4n) is 2.04. The molecule has 1 saturated carbocycles. The van der Waals surface area contributed by atoms with Crippen LogP contribution >= 0.6 is 15.9 Å². The Morgan fingerprint density at radius 2 is 2.22 bits per heavy atom. The van der Waals surface area contributed by atoms with Gasteiger partial charge in [-0.05, 0) is 40.8 Å². The third kappa shape index (κ3) is 2.88. The van der Waals surface area contributed by atoms with Gasteiger partial charge in [-0.3, -0.25) is 10.1 Å². The molecule has 2 N–H and O–H groups in total. The van der Waals surface area contributed by atoms with Gasteiger partial charge in [0.15, 0.2) is 0 Å². The molecule has 1 aliphatic carbocycles. The van der Waals surface area contributed by atoms with E-state index in [1.807, 2.05) is 6.07 Å². The van der Waals surface area contributed by atoms with Crippen LogP contribution in [0.5, 0.6) is 0 Å². The Balaban J connectivity index is 1.97. The van der Waals surface area contributed by atoms with Crippen LogP contribution in [0.25, 0.3) is 0 Å². The predicted octanol–water partition coefficient (Wildman–Crippen LogP) is 2.36. The highest BCUT2D eigenvalue weighted by atomic mass is 79.9. The lowest BCUT2D eigenvalue weighted by atomic mass is 9.80. The Bertz CT molecular complexity index is 461. The fourth-order valence-corrected chi connectivity index (χ4v) is 2.58. The van der Waals surface area contributed by atoms with Gasteiger partial charge >= 0.3 is 0 Å². The molecule has 5 nitrogen and oxygen atoms in total. The lowest BCUT2D eigenvalue weighted by Crippen LogP contribution is -2.46. The number of nitro benzene ring substituents is 1. The van der Waals surface area contributed by atoms with Crippen molar-refractivity contribution in [2.45, 2.75) is 31.4 Å². The fraction of sp³-hybridized carbons (Fsp3) is 0.500. The van der Waals surface area contributed by atoms with Gasteiger partial charge in [-0.2, -0.15) is 0 Å². The molecule has 0 spiro atoms. The number of nitrogens with one attached hydrogen (secondary N) is 1. The van der Waals surface area contributed by atoms with Crippen molar-refractivity contribution in [1.29, 1.82) is 0 Å². The summed E-state index contributed by atoms with van der Waals surface area (Å²) in [6, 6.07) is 4.96. The molecule has 18 heavy (non-hydrogen) atoms. The second-order valence-electron chi connectivity index (χ2n) is 4.69. The van der Waals surface area contributed by atoms with Crippen LogP contribution in [0.2, 0.25) is 0 Å². The van der Waals surface area contributed by atoms with Crippen molar-refractivity contribution in [2.24, 2.45) is 0 Å². The van der Waals surface area contributed by atoms with Gasteiger partial charge in [-0.15, -0.1) is 0 Å². The summed E-state index contributed by atoms with van der Waals surface area (Å²) in [4.78, 5) is 10.4. The summed E-state index contributed by atoms with van der Waals surface area (Å²) in [5.74, 6) is 0. The highest BCUT2D eigenvalue weighted by Gasteiger charge is 2.33.